The number of anilines is 1. The van der Waals surface area contributed by atoms with Crippen LogP contribution in [0.25, 0.3) is 0 Å². The van der Waals surface area contributed by atoms with Gasteiger partial charge in [-0.3, -0.25) is 19.5 Å². The van der Waals surface area contributed by atoms with Crippen LogP contribution in [0.5, 0.6) is 5.75 Å². The van der Waals surface area contributed by atoms with Gasteiger partial charge in [0.25, 0.3) is 0 Å². The van der Waals surface area contributed by atoms with Crippen molar-refractivity contribution in [2.75, 3.05) is 25.0 Å². The van der Waals surface area contributed by atoms with E-state index in [0.717, 1.165) is 49.6 Å². The van der Waals surface area contributed by atoms with Crippen molar-refractivity contribution in [2.45, 2.75) is 64.5 Å². The molecule has 1 aliphatic heterocycles. The Balaban J connectivity index is 1.94. The molecule has 2 rings (SSSR count). The van der Waals surface area contributed by atoms with Gasteiger partial charge >= 0.3 is 0 Å². The smallest absolute Gasteiger partial charge is 0.242 e. The molecule has 0 unspecified atom stereocenters. The van der Waals surface area contributed by atoms with Crippen molar-refractivity contribution < 1.29 is 14.3 Å². The van der Waals surface area contributed by atoms with Crippen LogP contribution in [0.4, 0.5) is 5.69 Å². The molecular formula is C22H33N3O3S. The van der Waals surface area contributed by atoms with Gasteiger partial charge in [-0.1, -0.05) is 45.4 Å². The molecule has 0 spiro atoms. The molecule has 0 radical (unpaired) electrons. The lowest BCUT2D eigenvalue weighted by molar-refractivity contribution is -0.128. The quantitative estimate of drug-likeness (QED) is 0.498. The Labute approximate surface area is 178 Å². The Morgan fingerprint density at radius 3 is 2.52 bits per heavy atom. The number of carbonyl (C=O) groups is 2. The molecule has 0 aromatic heterocycles. The summed E-state index contributed by atoms with van der Waals surface area (Å²) in [5.41, 5.74) is 0.703. The molecule has 0 aliphatic carbocycles. The Hall–Kier alpha value is -2.02. The van der Waals surface area contributed by atoms with Gasteiger partial charge in [-0.25, -0.2) is 0 Å². The lowest BCUT2D eigenvalue weighted by Crippen LogP contribution is -2.34. The summed E-state index contributed by atoms with van der Waals surface area (Å²) < 4.78 is 5.55. The Kier molecular flexibility index (Phi) is 10.0. The van der Waals surface area contributed by atoms with Crippen LogP contribution in [0.1, 0.15) is 59.3 Å². The second-order valence-electron chi connectivity index (χ2n) is 7.09. The third-order valence-electron chi connectivity index (χ3n) is 4.50. The number of thioether (sulfide) groups is 1. The van der Waals surface area contributed by atoms with Gasteiger partial charge in [0.15, 0.2) is 5.17 Å². The van der Waals surface area contributed by atoms with Crippen molar-refractivity contribution in [3.8, 4) is 5.75 Å². The summed E-state index contributed by atoms with van der Waals surface area (Å²) >= 11 is 1.42. The first-order valence-corrected chi connectivity index (χ1v) is 11.5. The molecule has 7 heteroatoms. The predicted octanol–water partition coefficient (Wildman–Crippen LogP) is 4.70. The van der Waals surface area contributed by atoms with E-state index in [-0.39, 0.29) is 18.2 Å². The summed E-state index contributed by atoms with van der Waals surface area (Å²) in [7, 11) is 0. The minimum atomic E-state index is -0.403. The number of benzene rings is 1. The molecule has 2 amide bonds. The van der Waals surface area contributed by atoms with Crippen molar-refractivity contribution in [1.82, 2.24) is 4.90 Å². The van der Waals surface area contributed by atoms with E-state index in [1.807, 2.05) is 24.3 Å². The molecule has 6 nitrogen and oxygen atoms in total. The van der Waals surface area contributed by atoms with Gasteiger partial charge in [-0.15, -0.1) is 0 Å². The first-order chi connectivity index (χ1) is 14.1. The van der Waals surface area contributed by atoms with Crippen LogP contribution in [0, 0.1) is 0 Å². The van der Waals surface area contributed by atoms with Crippen LogP contribution >= 0.6 is 11.8 Å². The Bertz CT molecular complexity index is 691. The average molecular weight is 420 g/mol. The Morgan fingerprint density at radius 1 is 1.14 bits per heavy atom. The van der Waals surface area contributed by atoms with Crippen LogP contribution in [0.2, 0.25) is 0 Å². The maximum absolute atomic E-state index is 12.8. The van der Waals surface area contributed by atoms with Gasteiger partial charge in [-0.05, 0) is 43.5 Å². The zero-order valence-electron chi connectivity index (χ0n) is 17.8. The van der Waals surface area contributed by atoms with E-state index in [1.165, 1.54) is 11.8 Å². The fourth-order valence-electron chi connectivity index (χ4n) is 2.85. The molecule has 160 valence electrons. The molecular weight excluding hydrogens is 386 g/mol. The molecule has 0 saturated carbocycles. The lowest BCUT2D eigenvalue weighted by Gasteiger charge is -2.16. The molecule has 0 bridgehead atoms. The number of aliphatic imine (C=N–C) groups is 1. The summed E-state index contributed by atoms with van der Waals surface area (Å²) in [5.74, 6) is 0.617. The van der Waals surface area contributed by atoms with Gasteiger partial charge in [-0.2, -0.15) is 0 Å². The summed E-state index contributed by atoms with van der Waals surface area (Å²) in [6.45, 7) is 8.34. The fraction of sp³-hybridized carbons (Fsp3) is 0.591. The van der Waals surface area contributed by atoms with Crippen molar-refractivity contribution in [1.29, 1.82) is 0 Å². The number of unbranched alkanes of at least 4 members (excludes halogenated alkanes) is 2. The number of nitrogens with zero attached hydrogens (tertiary/aromatic N) is 2. The summed E-state index contributed by atoms with van der Waals surface area (Å²) in [6, 6.07) is 7.31. The molecule has 1 saturated heterocycles. The largest absolute Gasteiger partial charge is 0.494 e. The third-order valence-corrected chi connectivity index (χ3v) is 5.71. The zero-order chi connectivity index (χ0) is 21.1. The van der Waals surface area contributed by atoms with Crippen molar-refractivity contribution >= 4 is 34.4 Å². The zero-order valence-corrected chi connectivity index (χ0v) is 18.6. The third kappa shape index (κ3) is 7.38. The standard InChI is InChI=1S/C22H33N3O3S/c1-4-7-13-23-22-25(14-8-5-2)21(27)19(29-22)16-20(26)24-17-9-11-18(12-10-17)28-15-6-3/h9-12,19H,4-8,13-16H2,1-3H3,(H,24,26)/t19-/m0/s1. The molecule has 1 heterocycles. The topological polar surface area (TPSA) is 71.0 Å². The van der Waals surface area contributed by atoms with E-state index >= 15 is 0 Å². The monoisotopic (exact) mass is 419 g/mol. The van der Waals surface area contributed by atoms with Gasteiger partial charge in [0.1, 0.15) is 11.0 Å². The summed E-state index contributed by atoms with van der Waals surface area (Å²) in [4.78, 5) is 31.7. The highest BCUT2D eigenvalue weighted by Crippen LogP contribution is 2.30. The van der Waals surface area contributed by atoms with Crippen LogP contribution in [0.15, 0.2) is 29.3 Å². The number of amides is 2. The van der Waals surface area contributed by atoms with Crippen molar-refractivity contribution in [2.24, 2.45) is 4.99 Å². The fourth-order valence-corrected chi connectivity index (χ4v) is 4.04. The van der Waals surface area contributed by atoms with Gasteiger partial charge < -0.3 is 10.1 Å². The second kappa shape index (κ2) is 12.5. The number of nitrogens with one attached hydrogen (secondary N) is 1. The number of hydrogen-bond donors (Lipinski definition) is 1. The normalized spacial score (nSPS) is 17.8. The molecule has 1 N–H and O–H groups in total. The minimum Gasteiger partial charge on any atom is -0.494 e. The average Bonchev–Trinajstić information content (AvgIpc) is 3.00. The molecule has 1 fully saturated rings. The molecule has 1 aliphatic rings. The lowest BCUT2D eigenvalue weighted by atomic mass is 10.2. The van der Waals surface area contributed by atoms with E-state index < -0.39 is 5.25 Å². The van der Waals surface area contributed by atoms with E-state index in [0.29, 0.717) is 18.8 Å². The van der Waals surface area contributed by atoms with E-state index in [2.05, 4.69) is 31.1 Å². The highest BCUT2D eigenvalue weighted by Gasteiger charge is 2.38. The van der Waals surface area contributed by atoms with Crippen molar-refractivity contribution in [3.63, 3.8) is 0 Å². The number of amidine groups is 1. The van der Waals surface area contributed by atoms with Crippen LogP contribution in [-0.2, 0) is 9.59 Å². The van der Waals surface area contributed by atoms with Crippen LogP contribution < -0.4 is 10.1 Å². The Morgan fingerprint density at radius 2 is 1.86 bits per heavy atom. The van der Waals surface area contributed by atoms with E-state index in [9.17, 15) is 9.59 Å². The highest BCUT2D eigenvalue weighted by atomic mass is 32.2. The first kappa shape index (κ1) is 23.3. The van der Waals surface area contributed by atoms with Gasteiger partial charge in [0.2, 0.25) is 11.8 Å². The van der Waals surface area contributed by atoms with E-state index in [1.54, 1.807) is 4.90 Å². The molecule has 1 aromatic rings. The summed E-state index contributed by atoms with van der Waals surface area (Å²) in [5, 5.41) is 3.25. The molecule has 29 heavy (non-hydrogen) atoms. The SMILES string of the molecule is CCCCN=C1S[C@@H](CC(=O)Nc2ccc(OCCC)cc2)C(=O)N1CCCC. The predicted molar refractivity (Wildman–Crippen MR) is 121 cm³/mol. The van der Waals surface area contributed by atoms with E-state index in [4.69, 9.17) is 4.74 Å². The molecule has 1 atom stereocenters. The second-order valence-corrected chi connectivity index (χ2v) is 8.26. The molecule has 1 aromatic carbocycles. The minimum absolute atomic E-state index is 0.00263. The van der Waals surface area contributed by atoms with Gasteiger partial charge in [0, 0.05) is 25.2 Å². The maximum Gasteiger partial charge on any atom is 0.242 e. The number of carbonyl (C=O) groups excluding carboxylic acids is 2. The number of rotatable bonds is 12. The van der Waals surface area contributed by atoms with Gasteiger partial charge in [0.05, 0.1) is 6.61 Å². The highest BCUT2D eigenvalue weighted by molar-refractivity contribution is 8.15. The first-order valence-electron chi connectivity index (χ1n) is 10.6. The van der Waals surface area contributed by atoms with Crippen LogP contribution in [-0.4, -0.2) is 46.8 Å². The summed E-state index contributed by atoms with van der Waals surface area (Å²) in [6.07, 6.45) is 5.11. The number of hydrogen-bond acceptors (Lipinski definition) is 5. The number of ether oxygens (including phenoxy) is 1. The van der Waals surface area contributed by atoms with Crippen LogP contribution in [0.3, 0.4) is 0 Å². The van der Waals surface area contributed by atoms with Crippen molar-refractivity contribution in [3.05, 3.63) is 24.3 Å². The maximum atomic E-state index is 12.8.